The summed E-state index contributed by atoms with van der Waals surface area (Å²) in [5.74, 6) is 0.171. The van der Waals surface area contributed by atoms with E-state index in [9.17, 15) is 9.59 Å². The molecular formula is C33H37N3O3. The monoisotopic (exact) mass is 523 g/mol. The lowest BCUT2D eigenvalue weighted by molar-refractivity contribution is -0.139. The molecule has 202 valence electrons. The highest BCUT2D eigenvalue weighted by atomic mass is 16.5. The van der Waals surface area contributed by atoms with E-state index < -0.39 is 0 Å². The summed E-state index contributed by atoms with van der Waals surface area (Å²) in [6.45, 7) is 1.90. The summed E-state index contributed by atoms with van der Waals surface area (Å²) in [5.41, 5.74) is 4.08. The first kappa shape index (κ1) is 25.6. The number of ether oxygens (including phenoxy) is 1. The number of likely N-dealkylation sites (tertiary alicyclic amines) is 1. The van der Waals surface area contributed by atoms with E-state index in [4.69, 9.17) is 4.74 Å². The van der Waals surface area contributed by atoms with Gasteiger partial charge in [0.2, 0.25) is 5.91 Å². The molecule has 6 nitrogen and oxygen atoms in total. The van der Waals surface area contributed by atoms with Crippen LogP contribution in [0.1, 0.15) is 59.6 Å². The van der Waals surface area contributed by atoms with Gasteiger partial charge in [0, 0.05) is 29.8 Å². The predicted octanol–water partition coefficient (Wildman–Crippen LogP) is 5.58. The van der Waals surface area contributed by atoms with E-state index >= 15 is 0 Å². The second-order valence-corrected chi connectivity index (χ2v) is 11.1. The van der Waals surface area contributed by atoms with Crippen molar-refractivity contribution < 1.29 is 14.3 Å². The van der Waals surface area contributed by atoms with E-state index in [1.165, 1.54) is 5.56 Å². The molecule has 0 aromatic heterocycles. The van der Waals surface area contributed by atoms with Crippen molar-refractivity contribution in [1.82, 2.24) is 10.2 Å². The maximum Gasteiger partial charge on any atom is 0.251 e. The molecule has 2 heterocycles. The van der Waals surface area contributed by atoms with Crippen molar-refractivity contribution in [2.24, 2.45) is 11.8 Å². The molecule has 2 N–H and O–H groups in total. The van der Waals surface area contributed by atoms with E-state index in [2.05, 4.69) is 45.9 Å². The number of nitrogens with zero attached hydrogens (tertiary/aromatic N) is 1. The summed E-state index contributed by atoms with van der Waals surface area (Å²) in [6.07, 6.45) is 4.64. The molecule has 2 aliphatic heterocycles. The molecule has 6 rings (SSSR count). The Morgan fingerprint density at radius 3 is 2.41 bits per heavy atom. The van der Waals surface area contributed by atoms with Crippen molar-refractivity contribution in [3.63, 3.8) is 0 Å². The largest absolute Gasteiger partial charge is 0.379 e. The van der Waals surface area contributed by atoms with Gasteiger partial charge in [-0.1, -0.05) is 79.6 Å². The summed E-state index contributed by atoms with van der Waals surface area (Å²) in [7, 11) is 0. The number of anilines is 1. The molecule has 3 aliphatic rings. The Bertz CT molecular complexity index is 1280. The lowest BCUT2D eigenvalue weighted by atomic mass is 9.81. The van der Waals surface area contributed by atoms with E-state index in [0.717, 1.165) is 49.9 Å². The molecule has 2 amide bonds. The maximum absolute atomic E-state index is 14.2. The first-order valence-corrected chi connectivity index (χ1v) is 14.3. The summed E-state index contributed by atoms with van der Waals surface area (Å²) in [6, 6.07) is 27.9. The third-order valence-electron chi connectivity index (χ3n) is 8.71. The van der Waals surface area contributed by atoms with Crippen molar-refractivity contribution in [2.45, 2.75) is 56.8 Å². The normalized spacial score (nSPS) is 25.7. The number of carbonyl (C=O) groups is 2. The van der Waals surface area contributed by atoms with Gasteiger partial charge in [-0.2, -0.15) is 0 Å². The Morgan fingerprint density at radius 1 is 0.872 bits per heavy atom. The van der Waals surface area contributed by atoms with Gasteiger partial charge in [0.15, 0.2) is 0 Å². The van der Waals surface area contributed by atoms with Crippen LogP contribution in [0.4, 0.5) is 5.69 Å². The topological polar surface area (TPSA) is 70.7 Å². The predicted molar refractivity (Wildman–Crippen MR) is 152 cm³/mol. The molecule has 3 aromatic carbocycles. The van der Waals surface area contributed by atoms with Gasteiger partial charge in [-0.25, -0.2) is 0 Å². The summed E-state index contributed by atoms with van der Waals surface area (Å²) in [4.78, 5) is 29.3. The number of amides is 2. The molecule has 1 saturated heterocycles. The average molecular weight is 524 g/mol. The van der Waals surface area contributed by atoms with Crippen LogP contribution in [0.15, 0.2) is 84.9 Å². The van der Waals surface area contributed by atoms with Gasteiger partial charge in [-0.15, -0.1) is 0 Å². The zero-order chi connectivity index (χ0) is 26.6. The third kappa shape index (κ3) is 5.44. The molecule has 2 fully saturated rings. The lowest BCUT2D eigenvalue weighted by Crippen LogP contribution is -2.50. The highest BCUT2D eigenvalue weighted by Crippen LogP contribution is 2.47. The van der Waals surface area contributed by atoms with Crippen molar-refractivity contribution in [3.8, 4) is 0 Å². The van der Waals surface area contributed by atoms with Crippen LogP contribution in [-0.4, -0.2) is 41.9 Å². The number of carbonyl (C=O) groups excluding carboxylic acids is 2. The van der Waals surface area contributed by atoms with Gasteiger partial charge in [0.1, 0.15) is 0 Å². The first-order chi connectivity index (χ1) is 19.2. The molecule has 0 bridgehead atoms. The van der Waals surface area contributed by atoms with Gasteiger partial charge in [-0.3, -0.25) is 9.59 Å². The van der Waals surface area contributed by atoms with E-state index in [0.29, 0.717) is 18.8 Å². The number of rotatable bonds is 7. The van der Waals surface area contributed by atoms with Crippen LogP contribution in [0.2, 0.25) is 0 Å². The van der Waals surface area contributed by atoms with Crippen molar-refractivity contribution in [1.29, 1.82) is 0 Å². The van der Waals surface area contributed by atoms with Crippen LogP contribution in [0.3, 0.4) is 0 Å². The van der Waals surface area contributed by atoms with Crippen LogP contribution in [0, 0.1) is 11.8 Å². The minimum atomic E-state index is -0.194. The number of hydrogen-bond donors (Lipinski definition) is 2. The molecule has 0 radical (unpaired) electrons. The lowest BCUT2D eigenvalue weighted by Gasteiger charge is -2.41. The Balaban J connectivity index is 1.19. The van der Waals surface area contributed by atoms with Crippen LogP contribution in [0.25, 0.3) is 0 Å². The number of benzene rings is 3. The summed E-state index contributed by atoms with van der Waals surface area (Å²) in [5, 5.41) is 6.94. The number of fused-ring (bicyclic) bond motifs is 3. The van der Waals surface area contributed by atoms with E-state index in [1.54, 1.807) is 0 Å². The summed E-state index contributed by atoms with van der Waals surface area (Å²) < 4.78 is 6.18. The fourth-order valence-electron chi connectivity index (χ4n) is 6.77. The highest BCUT2D eigenvalue weighted by Gasteiger charge is 2.48. The van der Waals surface area contributed by atoms with Gasteiger partial charge >= 0.3 is 0 Å². The SMILES string of the molecule is O=C(N[C@@H]1CCCC[C@@H]1C(=O)N1CCC2C(COCc3ccccc3)Nc3ccccc3C21)c1ccccc1. The number of para-hydroxylation sites is 1. The van der Waals surface area contributed by atoms with Crippen molar-refractivity contribution in [3.05, 3.63) is 102 Å². The molecule has 1 saturated carbocycles. The Morgan fingerprint density at radius 2 is 1.59 bits per heavy atom. The Labute approximate surface area is 230 Å². The Hall–Kier alpha value is -3.64. The zero-order valence-electron chi connectivity index (χ0n) is 22.3. The number of nitrogens with one attached hydrogen (secondary N) is 2. The van der Waals surface area contributed by atoms with Crippen LogP contribution in [0.5, 0.6) is 0 Å². The molecule has 0 spiro atoms. The summed E-state index contributed by atoms with van der Waals surface area (Å²) >= 11 is 0. The molecule has 3 aromatic rings. The van der Waals surface area contributed by atoms with Gasteiger partial charge in [0.05, 0.1) is 31.2 Å². The second kappa shape index (κ2) is 11.6. The van der Waals surface area contributed by atoms with E-state index in [-0.39, 0.29) is 41.8 Å². The van der Waals surface area contributed by atoms with Gasteiger partial charge in [-0.05, 0) is 48.6 Å². The molecule has 1 aliphatic carbocycles. The molecule has 6 heteroatoms. The fraction of sp³-hybridized carbons (Fsp3) is 0.394. The quantitative estimate of drug-likeness (QED) is 0.424. The minimum Gasteiger partial charge on any atom is -0.379 e. The maximum atomic E-state index is 14.2. The molecular weight excluding hydrogens is 486 g/mol. The van der Waals surface area contributed by atoms with Gasteiger partial charge < -0.3 is 20.3 Å². The van der Waals surface area contributed by atoms with Crippen molar-refractivity contribution >= 4 is 17.5 Å². The van der Waals surface area contributed by atoms with Crippen molar-refractivity contribution in [2.75, 3.05) is 18.5 Å². The van der Waals surface area contributed by atoms with E-state index in [1.807, 2.05) is 54.6 Å². The minimum absolute atomic E-state index is 0.0210. The first-order valence-electron chi connectivity index (χ1n) is 14.3. The molecule has 39 heavy (non-hydrogen) atoms. The molecule has 3 unspecified atom stereocenters. The third-order valence-corrected chi connectivity index (χ3v) is 8.71. The standard InChI is InChI=1S/C33H37N3O3/c37-32(24-13-5-2-6-14-24)35-29-18-10-8-16-27(29)33(38)36-20-19-26-30(22-39-21-23-11-3-1-4-12-23)34-28-17-9-7-15-25(28)31(26)36/h1-7,9,11-15,17,26-27,29-31,34H,8,10,16,18-22H2,(H,35,37)/t26?,27-,29+,30?,31?/m0/s1. The van der Waals surface area contributed by atoms with Crippen LogP contribution < -0.4 is 10.6 Å². The number of hydrogen-bond acceptors (Lipinski definition) is 4. The van der Waals surface area contributed by atoms with Gasteiger partial charge in [0.25, 0.3) is 5.91 Å². The van der Waals surface area contributed by atoms with Crippen LogP contribution in [-0.2, 0) is 16.1 Å². The second-order valence-electron chi connectivity index (χ2n) is 11.1. The molecule has 5 atom stereocenters. The van der Waals surface area contributed by atoms with Crippen LogP contribution >= 0.6 is 0 Å². The fourth-order valence-corrected chi connectivity index (χ4v) is 6.77. The Kier molecular flexibility index (Phi) is 7.64. The zero-order valence-corrected chi connectivity index (χ0v) is 22.3. The highest BCUT2D eigenvalue weighted by molar-refractivity contribution is 5.94. The smallest absolute Gasteiger partial charge is 0.251 e. The average Bonchev–Trinajstić information content (AvgIpc) is 3.44.